The van der Waals surface area contributed by atoms with Crippen LogP contribution in [-0.2, 0) is 12.8 Å². The molecule has 1 heterocycles. The van der Waals surface area contributed by atoms with Gasteiger partial charge in [-0.2, -0.15) is 0 Å². The summed E-state index contributed by atoms with van der Waals surface area (Å²) in [4.78, 5) is 0.102. The van der Waals surface area contributed by atoms with Gasteiger partial charge in [-0.25, -0.2) is 0 Å². The number of thiophene rings is 1. The second-order valence-electron chi connectivity index (χ2n) is 4.38. The van der Waals surface area contributed by atoms with Gasteiger partial charge in [0.1, 0.15) is 0 Å². The first-order valence-electron chi connectivity index (χ1n) is 6.27. The van der Waals surface area contributed by atoms with Crippen LogP contribution in [0.1, 0.15) is 40.9 Å². The van der Waals surface area contributed by atoms with Crippen molar-refractivity contribution in [1.82, 2.24) is 0 Å². The van der Waals surface area contributed by atoms with E-state index in [9.17, 15) is 0 Å². The van der Waals surface area contributed by atoms with E-state index in [0.29, 0.717) is 0 Å². The summed E-state index contributed by atoms with van der Waals surface area (Å²) in [6.45, 7) is 4.34. The monoisotopic (exact) mass is 376 g/mol. The second kappa shape index (κ2) is 6.62. The molecule has 102 valence electrons. The van der Waals surface area contributed by atoms with Gasteiger partial charge in [0.05, 0.1) is 13.5 Å². The van der Waals surface area contributed by atoms with Crippen LogP contribution >= 0.6 is 50.5 Å². The largest absolute Gasteiger partial charge is 0.111 e. The maximum atomic E-state index is 6.26. The maximum absolute atomic E-state index is 6.26. The van der Waals surface area contributed by atoms with Crippen molar-refractivity contribution in [3.8, 4) is 0 Å². The average molecular weight is 378 g/mol. The molecule has 1 unspecified atom stereocenters. The fraction of sp³-hybridized carbons (Fsp3) is 0.333. The highest BCUT2D eigenvalue weighted by molar-refractivity contribution is 9.09. The molecule has 1 atom stereocenters. The molecule has 1 aromatic heterocycles. The topological polar surface area (TPSA) is 0 Å². The highest BCUT2D eigenvalue weighted by atomic mass is 79.9. The van der Waals surface area contributed by atoms with E-state index < -0.39 is 0 Å². The van der Waals surface area contributed by atoms with E-state index in [2.05, 4.69) is 48.0 Å². The molecule has 0 fully saturated rings. The summed E-state index contributed by atoms with van der Waals surface area (Å²) in [5.74, 6) is 0. The predicted octanol–water partition coefficient (Wildman–Crippen LogP) is 6.66. The van der Waals surface area contributed by atoms with E-state index in [1.165, 1.54) is 28.0 Å². The van der Waals surface area contributed by atoms with Gasteiger partial charge in [-0.15, -0.1) is 11.3 Å². The summed E-state index contributed by atoms with van der Waals surface area (Å²) in [5.41, 5.74) is 5.03. The molecule has 0 saturated carbocycles. The smallest absolute Gasteiger partial charge is 0.0990 e. The first-order chi connectivity index (χ1) is 9.06. The molecule has 0 bridgehead atoms. The molecule has 4 heteroatoms. The molecule has 0 aliphatic heterocycles. The number of alkyl halides is 1. The molecule has 1 aromatic carbocycles. The first kappa shape index (κ1) is 15.4. The summed E-state index contributed by atoms with van der Waals surface area (Å²) in [5, 5.41) is 0. The van der Waals surface area contributed by atoms with Gasteiger partial charge < -0.3 is 0 Å². The van der Waals surface area contributed by atoms with Crippen LogP contribution in [0, 0.1) is 0 Å². The normalized spacial score (nSPS) is 12.7. The Morgan fingerprint density at radius 2 is 1.84 bits per heavy atom. The minimum absolute atomic E-state index is 0.102. The van der Waals surface area contributed by atoms with E-state index in [1.54, 1.807) is 0 Å². The first-order valence-corrected chi connectivity index (χ1v) is 8.76. The zero-order chi connectivity index (χ0) is 14.0. The third-order valence-corrected chi connectivity index (χ3v) is 5.73. The quantitative estimate of drug-likeness (QED) is 0.522. The Morgan fingerprint density at radius 3 is 2.37 bits per heavy atom. The Kier molecular flexibility index (Phi) is 5.36. The summed E-state index contributed by atoms with van der Waals surface area (Å²) in [6, 6.07) is 8.63. The van der Waals surface area contributed by atoms with Crippen LogP contribution in [-0.4, -0.2) is 0 Å². The van der Waals surface area contributed by atoms with Crippen LogP contribution in [0.4, 0.5) is 0 Å². The fourth-order valence-electron chi connectivity index (χ4n) is 2.12. The van der Waals surface area contributed by atoms with Gasteiger partial charge in [0, 0.05) is 5.56 Å². The van der Waals surface area contributed by atoms with Crippen molar-refractivity contribution >= 4 is 50.5 Å². The Bertz CT molecular complexity index is 578. The molecule has 0 radical (unpaired) electrons. The van der Waals surface area contributed by atoms with E-state index in [-0.39, 0.29) is 4.83 Å². The lowest BCUT2D eigenvalue weighted by Crippen LogP contribution is -1.99. The van der Waals surface area contributed by atoms with Crippen molar-refractivity contribution in [3.05, 3.63) is 55.2 Å². The zero-order valence-corrected chi connectivity index (χ0v) is 14.8. The van der Waals surface area contributed by atoms with Gasteiger partial charge in [-0.3, -0.25) is 0 Å². The molecular formula is C15H15BrCl2S. The van der Waals surface area contributed by atoms with Gasteiger partial charge in [0.2, 0.25) is 0 Å². The van der Waals surface area contributed by atoms with Gasteiger partial charge in [0.15, 0.2) is 0 Å². The number of hydrogen-bond donors (Lipinski definition) is 0. The third kappa shape index (κ3) is 3.36. The molecule has 0 N–H and O–H groups in total. The van der Waals surface area contributed by atoms with E-state index >= 15 is 0 Å². The van der Waals surface area contributed by atoms with Crippen LogP contribution in [0.5, 0.6) is 0 Å². The number of benzene rings is 1. The summed E-state index contributed by atoms with van der Waals surface area (Å²) in [6.07, 6.45) is 2.05. The van der Waals surface area contributed by atoms with Crippen molar-refractivity contribution in [2.45, 2.75) is 31.5 Å². The summed E-state index contributed by atoms with van der Waals surface area (Å²) >= 11 is 17.5. The lowest BCUT2D eigenvalue weighted by atomic mass is 9.96. The molecule has 0 amide bonds. The Balaban J connectivity index is 2.47. The minimum Gasteiger partial charge on any atom is -0.111 e. The minimum atomic E-state index is 0.102. The predicted molar refractivity (Wildman–Crippen MR) is 90.3 cm³/mol. The van der Waals surface area contributed by atoms with E-state index in [4.69, 9.17) is 23.2 Å². The van der Waals surface area contributed by atoms with Gasteiger partial charge >= 0.3 is 0 Å². The summed E-state index contributed by atoms with van der Waals surface area (Å²) in [7, 11) is 0. The molecule has 0 nitrogen and oxygen atoms in total. The van der Waals surface area contributed by atoms with Gasteiger partial charge in [-0.05, 0) is 35.6 Å². The maximum Gasteiger partial charge on any atom is 0.0990 e. The molecule has 0 spiro atoms. The molecule has 2 rings (SSSR count). The Labute approximate surface area is 136 Å². The van der Waals surface area contributed by atoms with Crippen molar-refractivity contribution in [1.29, 1.82) is 0 Å². The lowest BCUT2D eigenvalue weighted by Gasteiger charge is -2.15. The molecule has 0 aliphatic rings. The van der Waals surface area contributed by atoms with Crippen LogP contribution in [0.3, 0.4) is 0 Å². The van der Waals surface area contributed by atoms with Crippen molar-refractivity contribution in [2.24, 2.45) is 0 Å². The van der Waals surface area contributed by atoms with Crippen LogP contribution in [0.25, 0.3) is 0 Å². The van der Waals surface area contributed by atoms with Crippen LogP contribution < -0.4 is 0 Å². The van der Waals surface area contributed by atoms with E-state index in [1.807, 2.05) is 6.07 Å². The van der Waals surface area contributed by atoms with Gasteiger partial charge in [0.25, 0.3) is 0 Å². The molecular weight excluding hydrogens is 363 g/mol. The number of hydrogen-bond acceptors (Lipinski definition) is 1. The Hall–Kier alpha value is -0.0200. The zero-order valence-electron chi connectivity index (χ0n) is 10.8. The standard InChI is InChI=1S/C15H15BrCl2S/c1-3-9-5-6-10(4-2)11(7-9)14(16)12-8-13(17)19-15(12)18/h5-8,14H,3-4H2,1-2H3. The van der Waals surface area contributed by atoms with Crippen molar-refractivity contribution in [3.63, 3.8) is 0 Å². The van der Waals surface area contributed by atoms with E-state index in [0.717, 1.165) is 27.1 Å². The molecule has 0 aliphatic carbocycles. The van der Waals surface area contributed by atoms with Gasteiger partial charge in [-0.1, -0.05) is 71.2 Å². The van der Waals surface area contributed by atoms with Crippen LogP contribution in [0.2, 0.25) is 8.67 Å². The van der Waals surface area contributed by atoms with Crippen molar-refractivity contribution < 1.29 is 0 Å². The lowest BCUT2D eigenvalue weighted by molar-refractivity contribution is 1.03. The summed E-state index contributed by atoms with van der Waals surface area (Å²) < 4.78 is 1.49. The third-order valence-electron chi connectivity index (χ3n) is 3.23. The molecule has 2 aromatic rings. The Morgan fingerprint density at radius 1 is 1.11 bits per heavy atom. The SMILES string of the molecule is CCc1ccc(CC)c(C(Br)c2cc(Cl)sc2Cl)c1. The van der Waals surface area contributed by atoms with Crippen LogP contribution in [0.15, 0.2) is 24.3 Å². The second-order valence-corrected chi connectivity index (χ2v) is 7.58. The highest BCUT2D eigenvalue weighted by Gasteiger charge is 2.19. The highest BCUT2D eigenvalue weighted by Crippen LogP contribution is 2.42. The number of aryl methyl sites for hydroxylation is 2. The molecule has 0 saturated heterocycles. The van der Waals surface area contributed by atoms with Crippen molar-refractivity contribution in [2.75, 3.05) is 0 Å². The molecule has 19 heavy (non-hydrogen) atoms. The number of halogens is 3. The number of rotatable bonds is 4. The fourth-order valence-corrected chi connectivity index (χ4v) is 4.72. The average Bonchev–Trinajstić information content (AvgIpc) is 2.76.